The van der Waals surface area contributed by atoms with E-state index in [1.54, 1.807) is 6.07 Å². The van der Waals surface area contributed by atoms with Crippen molar-refractivity contribution in [2.45, 2.75) is 18.9 Å². The molecule has 0 aliphatic carbocycles. The Kier molecular flexibility index (Phi) is 7.19. The molecule has 0 aliphatic heterocycles. The van der Waals surface area contributed by atoms with Crippen molar-refractivity contribution in [1.29, 1.82) is 0 Å². The molecule has 0 unspecified atom stereocenters. The average Bonchev–Trinajstić information content (AvgIpc) is 2.60. The van der Waals surface area contributed by atoms with E-state index in [0.717, 1.165) is 16.7 Å². The Hall–Kier alpha value is -3.06. The second kappa shape index (κ2) is 9.59. The number of nitrogens with one attached hydrogen (secondary N) is 2. The highest BCUT2D eigenvalue weighted by molar-refractivity contribution is 6.30. The van der Waals surface area contributed by atoms with Crippen LogP contribution in [0.25, 0.3) is 11.1 Å². The summed E-state index contributed by atoms with van der Waals surface area (Å²) in [5.74, 6) is -2.24. The van der Waals surface area contributed by atoms with E-state index in [1.807, 2.05) is 42.5 Å². The van der Waals surface area contributed by atoms with Crippen molar-refractivity contribution in [2.24, 2.45) is 0 Å². The zero-order chi connectivity index (χ0) is 19.8. The first-order valence-electron chi connectivity index (χ1n) is 8.16. The molecule has 27 heavy (non-hydrogen) atoms. The maximum absolute atomic E-state index is 11.7. The first kappa shape index (κ1) is 20.3. The van der Waals surface area contributed by atoms with Gasteiger partial charge in [0.25, 0.3) is 0 Å². The first-order chi connectivity index (χ1) is 12.8. The molecule has 2 amide bonds. The largest absolute Gasteiger partial charge is 0.481 e. The molecular formula is C19H19ClN2O5. The van der Waals surface area contributed by atoms with Crippen LogP contribution >= 0.6 is 11.6 Å². The molecule has 0 saturated carbocycles. The highest BCUT2D eigenvalue weighted by Gasteiger charge is 2.17. The van der Waals surface area contributed by atoms with Crippen LogP contribution in [0.3, 0.4) is 0 Å². The summed E-state index contributed by atoms with van der Waals surface area (Å²) < 4.78 is 0. The van der Waals surface area contributed by atoms with Crippen molar-refractivity contribution in [2.75, 3.05) is 6.54 Å². The van der Waals surface area contributed by atoms with Crippen LogP contribution in [0, 0.1) is 0 Å². The van der Waals surface area contributed by atoms with Gasteiger partial charge in [-0.05, 0) is 35.2 Å². The molecule has 2 aromatic rings. The lowest BCUT2D eigenvalue weighted by molar-refractivity contribution is -0.138. The van der Waals surface area contributed by atoms with Gasteiger partial charge in [0.15, 0.2) is 0 Å². The minimum Gasteiger partial charge on any atom is -0.481 e. The topological polar surface area (TPSA) is 116 Å². The van der Waals surface area contributed by atoms with Crippen molar-refractivity contribution in [1.82, 2.24) is 10.6 Å². The quantitative estimate of drug-likeness (QED) is 0.553. The monoisotopic (exact) mass is 390 g/mol. The van der Waals surface area contributed by atoms with Gasteiger partial charge in [-0.25, -0.2) is 4.79 Å². The maximum atomic E-state index is 11.7. The molecule has 1 atom stereocenters. The van der Waals surface area contributed by atoms with Gasteiger partial charge in [0.05, 0.1) is 6.42 Å². The number of rotatable bonds is 8. The van der Waals surface area contributed by atoms with Gasteiger partial charge in [-0.3, -0.25) is 9.59 Å². The number of hydrogen-bond donors (Lipinski definition) is 4. The predicted octanol–water partition coefficient (Wildman–Crippen LogP) is 2.78. The molecule has 0 radical (unpaired) electrons. The van der Waals surface area contributed by atoms with Crippen molar-refractivity contribution in [3.63, 3.8) is 0 Å². The van der Waals surface area contributed by atoms with Gasteiger partial charge < -0.3 is 20.8 Å². The van der Waals surface area contributed by atoms with Crippen molar-refractivity contribution < 1.29 is 24.6 Å². The molecule has 2 aromatic carbocycles. The molecule has 0 aromatic heterocycles. The zero-order valence-corrected chi connectivity index (χ0v) is 15.1. The predicted molar refractivity (Wildman–Crippen MR) is 101 cm³/mol. The van der Waals surface area contributed by atoms with Crippen LogP contribution in [0.1, 0.15) is 12.0 Å². The van der Waals surface area contributed by atoms with Crippen LogP contribution in [0.2, 0.25) is 5.02 Å². The number of amides is 2. The van der Waals surface area contributed by atoms with Crippen LogP contribution in [0.4, 0.5) is 4.79 Å². The number of carboxylic acid groups (broad SMARTS) is 2. The lowest BCUT2D eigenvalue weighted by Gasteiger charge is -2.17. The summed E-state index contributed by atoms with van der Waals surface area (Å²) in [6.07, 6.45) is 0.0130. The van der Waals surface area contributed by atoms with Gasteiger partial charge in [-0.1, -0.05) is 48.0 Å². The molecule has 0 bridgehead atoms. The number of aliphatic carboxylic acids is 2. The smallest absolute Gasteiger partial charge is 0.323 e. The second-order valence-corrected chi connectivity index (χ2v) is 6.36. The summed E-state index contributed by atoms with van der Waals surface area (Å²) in [6, 6.07) is 13.5. The minimum absolute atomic E-state index is 0.281. The van der Waals surface area contributed by atoms with Crippen LogP contribution < -0.4 is 10.6 Å². The number of benzene rings is 2. The normalized spacial score (nSPS) is 11.4. The Morgan fingerprint density at radius 3 is 2.26 bits per heavy atom. The van der Waals surface area contributed by atoms with Gasteiger partial charge in [0, 0.05) is 11.1 Å². The van der Waals surface area contributed by atoms with Gasteiger partial charge in [-0.2, -0.15) is 0 Å². The second-order valence-electron chi connectivity index (χ2n) is 5.93. The summed E-state index contributed by atoms with van der Waals surface area (Å²) in [5.41, 5.74) is 2.76. The lowest BCUT2D eigenvalue weighted by Crippen LogP contribution is -2.45. The van der Waals surface area contributed by atoms with Crippen molar-refractivity contribution in [3.05, 3.63) is 59.1 Å². The van der Waals surface area contributed by atoms with E-state index >= 15 is 0 Å². The number of carboxylic acids is 2. The highest BCUT2D eigenvalue weighted by atomic mass is 35.5. The molecule has 2 rings (SSSR count). The van der Waals surface area contributed by atoms with Gasteiger partial charge in [0.1, 0.15) is 6.54 Å². The van der Waals surface area contributed by atoms with E-state index in [0.29, 0.717) is 11.4 Å². The van der Waals surface area contributed by atoms with Crippen LogP contribution in [-0.4, -0.2) is 40.8 Å². The molecule has 0 saturated heterocycles. The minimum atomic E-state index is -1.18. The Balaban J connectivity index is 2.04. The molecule has 142 valence electrons. The van der Waals surface area contributed by atoms with Gasteiger partial charge in [0.2, 0.25) is 0 Å². The summed E-state index contributed by atoms with van der Waals surface area (Å²) in [7, 11) is 0. The van der Waals surface area contributed by atoms with Crippen LogP contribution in [-0.2, 0) is 16.0 Å². The molecule has 0 aliphatic rings. The van der Waals surface area contributed by atoms with Crippen molar-refractivity contribution >= 4 is 29.6 Å². The fraction of sp³-hybridized carbons (Fsp3) is 0.211. The zero-order valence-electron chi connectivity index (χ0n) is 14.3. The summed E-state index contributed by atoms with van der Waals surface area (Å²) in [4.78, 5) is 33.2. The van der Waals surface area contributed by atoms with Crippen LogP contribution in [0.15, 0.2) is 48.5 Å². The molecular weight excluding hydrogens is 372 g/mol. The number of carbonyl (C=O) groups is 3. The average molecular weight is 391 g/mol. The number of urea groups is 1. The Labute approximate surface area is 161 Å². The standard InChI is InChI=1S/C19H19ClN2O5/c20-15-3-1-2-14(9-15)13-6-4-12(5-7-13)8-16(10-17(23)24)22-19(27)21-11-18(25)26/h1-7,9,16H,8,10-11H2,(H,23,24)(H,25,26)(H2,21,22,27)/t16-/m1/s1. The first-order valence-corrected chi connectivity index (χ1v) is 8.54. The molecule has 4 N–H and O–H groups in total. The van der Waals surface area contributed by atoms with Crippen LogP contribution in [0.5, 0.6) is 0 Å². The van der Waals surface area contributed by atoms with E-state index < -0.39 is 30.6 Å². The van der Waals surface area contributed by atoms with E-state index in [-0.39, 0.29) is 6.42 Å². The Morgan fingerprint density at radius 1 is 0.963 bits per heavy atom. The van der Waals surface area contributed by atoms with E-state index in [1.165, 1.54) is 0 Å². The van der Waals surface area contributed by atoms with Crippen molar-refractivity contribution in [3.8, 4) is 11.1 Å². The van der Waals surface area contributed by atoms with E-state index in [9.17, 15) is 14.4 Å². The van der Waals surface area contributed by atoms with E-state index in [2.05, 4.69) is 10.6 Å². The maximum Gasteiger partial charge on any atom is 0.323 e. The lowest BCUT2D eigenvalue weighted by atomic mass is 9.99. The molecule has 0 heterocycles. The molecule has 0 fully saturated rings. The Bertz CT molecular complexity index is 823. The third-order valence-electron chi connectivity index (χ3n) is 3.75. The number of halogens is 1. The highest BCUT2D eigenvalue weighted by Crippen LogP contribution is 2.23. The van der Waals surface area contributed by atoms with Gasteiger partial charge in [-0.15, -0.1) is 0 Å². The number of carbonyl (C=O) groups excluding carboxylic acids is 1. The molecule has 7 nitrogen and oxygen atoms in total. The van der Waals surface area contributed by atoms with Gasteiger partial charge >= 0.3 is 18.0 Å². The van der Waals surface area contributed by atoms with E-state index in [4.69, 9.17) is 21.8 Å². The SMILES string of the molecule is O=C(O)CNC(=O)N[C@@H](CC(=O)O)Cc1ccc(-c2cccc(Cl)c2)cc1. The molecule has 8 heteroatoms. The third-order valence-corrected chi connectivity index (χ3v) is 3.99. The fourth-order valence-electron chi connectivity index (χ4n) is 2.56. The molecule has 0 spiro atoms. The number of hydrogen-bond acceptors (Lipinski definition) is 3. The summed E-state index contributed by atoms with van der Waals surface area (Å²) in [6.45, 7) is -0.542. The summed E-state index contributed by atoms with van der Waals surface area (Å²) in [5, 5.41) is 22.9. The fourth-order valence-corrected chi connectivity index (χ4v) is 2.75. The third kappa shape index (κ3) is 6.99. The Morgan fingerprint density at radius 2 is 1.67 bits per heavy atom. The summed E-state index contributed by atoms with van der Waals surface area (Å²) >= 11 is 6.00.